The molecule has 0 amide bonds. The van der Waals surface area contributed by atoms with E-state index in [0.717, 1.165) is 64.7 Å². The smallest absolute Gasteiger partial charge is 0.193 e. The lowest BCUT2D eigenvalue weighted by Gasteiger charge is -2.23. The van der Waals surface area contributed by atoms with E-state index in [1.807, 2.05) is 0 Å². The average molecular weight is 380 g/mol. The third-order valence-electron chi connectivity index (χ3n) is 4.36. The van der Waals surface area contributed by atoms with Crippen LogP contribution in [0, 0.1) is 0 Å². The lowest BCUT2D eigenvalue weighted by Crippen LogP contribution is -2.38. The van der Waals surface area contributed by atoms with Gasteiger partial charge in [0, 0.05) is 51.4 Å². The van der Waals surface area contributed by atoms with Crippen molar-refractivity contribution in [2.45, 2.75) is 43.7 Å². The lowest BCUT2D eigenvalue weighted by molar-refractivity contribution is -0.0318. The van der Waals surface area contributed by atoms with Crippen molar-refractivity contribution < 1.29 is 9.47 Å². The number of rotatable bonds is 9. The van der Waals surface area contributed by atoms with Crippen molar-refractivity contribution in [3.63, 3.8) is 0 Å². The Bertz CT molecular complexity index is 530. The third-order valence-corrected chi connectivity index (χ3v) is 5.10. The van der Waals surface area contributed by atoms with E-state index in [1.165, 1.54) is 10.5 Å². The van der Waals surface area contributed by atoms with Crippen LogP contribution in [0.4, 0.5) is 0 Å². The second kappa shape index (κ2) is 12.2. The molecule has 0 saturated carbocycles. The number of nitrogens with zero attached hydrogens (tertiary/aromatic N) is 2. The molecule has 0 radical (unpaired) electrons. The number of guanidine groups is 1. The van der Waals surface area contributed by atoms with E-state index < -0.39 is 0 Å². The maximum absolute atomic E-state index is 5.92. The number of hydrogen-bond donors (Lipinski definition) is 1. The molecule has 1 saturated heterocycles. The predicted octanol–water partition coefficient (Wildman–Crippen LogP) is 3.39. The van der Waals surface area contributed by atoms with Gasteiger partial charge in [0.15, 0.2) is 5.96 Å². The highest BCUT2D eigenvalue weighted by molar-refractivity contribution is 7.98. The Morgan fingerprint density at radius 2 is 2.04 bits per heavy atom. The van der Waals surface area contributed by atoms with Gasteiger partial charge in [-0.3, -0.25) is 4.99 Å². The van der Waals surface area contributed by atoms with Crippen LogP contribution in [0.25, 0.3) is 0 Å². The highest BCUT2D eigenvalue weighted by Crippen LogP contribution is 2.15. The van der Waals surface area contributed by atoms with Gasteiger partial charge < -0.3 is 19.7 Å². The van der Waals surface area contributed by atoms with Gasteiger partial charge in [-0.05, 0) is 50.1 Å². The molecular formula is C20H33N3O2S. The minimum absolute atomic E-state index is 0.368. The quantitative estimate of drug-likeness (QED) is 0.308. The molecule has 6 heteroatoms. The summed E-state index contributed by atoms with van der Waals surface area (Å²) in [5, 5.41) is 3.38. The number of ether oxygens (including phenoxy) is 2. The van der Waals surface area contributed by atoms with Gasteiger partial charge in [-0.25, -0.2) is 0 Å². The van der Waals surface area contributed by atoms with Crippen molar-refractivity contribution in [2.24, 2.45) is 4.99 Å². The van der Waals surface area contributed by atoms with Crippen LogP contribution in [0.15, 0.2) is 34.2 Å². The van der Waals surface area contributed by atoms with Crippen LogP contribution >= 0.6 is 11.8 Å². The molecule has 0 atom stereocenters. The van der Waals surface area contributed by atoms with Gasteiger partial charge >= 0.3 is 0 Å². The molecular weight excluding hydrogens is 346 g/mol. The monoisotopic (exact) mass is 379 g/mol. The summed E-state index contributed by atoms with van der Waals surface area (Å²) in [5.74, 6) is 0.951. The van der Waals surface area contributed by atoms with Crippen LogP contribution in [0.2, 0.25) is 0 Å². The molecule has 26 heavy (non-hydrogen) atoms. The standard InChI is InChI=1S/C20H33N3O2S/c1-4-21-20(22-12-5-13-25-18-10-14-24-15-11-18)23(2)16-17-6-8-19(26-3)9-7-17/h6-9,18H,4-5,10-16H2,1-3H3,(H,21,22). The Morgan fingerprint density at radius 3 is 2.69 bits per heavy atom. The molecule has 0 bridgehead atoms. The molecule has 146 valence electrons. The molecule has 0 spiro atoms. The van der Waals surface area contributed by atoms with Crippen molar-refractivity contribution in [1.82, 2.24) is 10.2 Å². The summed E-state index contributed by atoms with van der Waals surface area (Å²) in [6, 6.07) is 8.72. The van der Waals surface area contributed by atoms with Gasteiger partial charge in [-0.1, -0.05) is 12.1 Å². The minimum atomic E-state index is 0.368. The third kappa shape index (κ3) is 7.56. The Hall–Kier alpha value is -1.24. The van der Waals surface area contributed by atoms with Crippen LogP contribution in [0.5, 0.6) is 0 Å². The second-order valence-electron chi connectivity index (χ2n) is 6.48. The second-order valence-corrected chi connectivity index (χ2v) is 7.36. The zero-order valence-corrected chi connectivity index (χ0v) is 17.2. The Labute approximate surface area is 162 Å². The van der Waals surface area contributed by atoms with Gasteiger partial charge in [0.1, 0.15) is 0 Å². The van der Waals surface area contributed by atoms with Gasteiger partial charge in [0.2, 0.25) is 0 Å². The summed E-state index contributed by atoms with van der Waals surface area (Å²) in [6.07, 6.45) is 5.45. The highest BCUT2D eigenvalue weighted by atomic mass is 32.2. The zero-order chi connectivity index (χ0) is 18.6. The SMILES string of the molecule is CCNC(=NCCCOC1CCOCC1)N(C)Cc1ccc(SC)cc1. The molecule has 1 heterocycles. The molecule has 1 aliphatic rings. The van der Waals surface area contributed by atoms with E-state index in [9.17, 15) is 0 Å². The van der Waals surface area contributed by atoms with Crippen molar-refractivity contribution in [3.8, 4) is 0 Å². The van der Waals surface area contributed by atoms with Gasteiger partial charge in [-0.2, -0.15) is 0 Å². The molecule has 1 fully saturated rings. The first-order valence-electron chi connectivity index (χ1n) is 9.54. The Morgan fingerprint density at radius 1 is 1.31 bits per heavy atom. The van der Waals surface area contributed by atoms with E-state index in [-0.39, 0.29) is 0 Å². The molecule has 5 nitrogen and oxygen atoms in total. The maximum Gasteiger partial charge on any atom is 0.193 e. The summed E-state index contributed by atoms with van der Waals surface area (Å²) >= 11 is 1.77. The summed E-state index contributed by atoms with van der Waals surface area (Å²) in [5.41, 5.74) is 1.29. The van der Waals surface area contributed by atoms with Crippen LogP contribution in [0.1, 0.15) is 31.7 Å². The number of aliphatic imine (C=N–C) groups is 1. The molecule has 1 aromatic rings. The number of thioether (sulfide) groups is 1. The fourth-order valence-electron chi connectivity index (χ4n) is 2.89. The average Bonchev–Trinajstić information content (AvgIpc) is 2.68. The summed E-state index contributed by atoms with van der Waals surface area (Å²) in [6.45, 7) is 7.03. The molecule has 0 aliphatic carbocycles. The topological polar surface area (TPSA) is 46.1 Å². The predicted molar refractivity (Wildman–Crippen MR) is 110 cm³/mol. The van der Waals surface area contributed by atoms with Crippen molar-refractivity contribution >= 4 is 17.7 Å². The molecule has 0 unspecified atom stereocenters. The van der Waals surface area contributed by atoms with Crippen LogP contribution in [-0.2, 0) is 16.0 Å². The number of benzene rings is 1. The minimum Gasteiger partial charge on any atom is -0.381 e. The van der Waals surface area contributed by atoms with Crippen LogP contribution < -0.4 is 5.32 Å². The molecule has 1 aromatic carbocycles. The first kappa shape index (κ1) is 21.1. The lowest BCUT2D eigenvalue weighted by atomic mass is 10.1. The molecule has 2 rings (SSSR count). The first-order valence-corrected chi connectivity index (χ1v) is 10.8. The number of nitrogens with one attached hydrogen (secondary N) is 1. The van der Waals surface area contributed by atoms with E-state index in [1.54, 1.807) is 11.8 Å². The maximum atomic E-state index is 5.92. The normalized spacial score (nSPS) is 15.9. The van der Waals surface area contributed by atoms with E-state index in [4.69, 9.17) is 14.5 Å². The van der Waals surface area contributed by atoms with Crippen LogP contribution in [-0.4, -0.2) is 63.2 Å². The van der Waals surface area contributed by atoms with Crippen molar-refractivity contribution in [3.05, 3.63) is 29.8 Å². The summed E-state index contributed by atoms with van der Waals surface area (Å²) in [7, 11) is 2.09. The van der Waals surface area contributed by atoms with Crippen molar-refractivity contribution in [2.75, 3.05) is 46.2 Å². The Balaban J connectivity index is 1.76. The highest BCUT2D eigenvalue weighted by Gasteiger charge is 2.13. The first-order chi connectivity index (χ1) is 12.7. The van der Waals surface area contributed by atoms with Gasteiger partial charge in [0.25, 0.3) is 0 Å². The van der Waals surface area contributed by atoms with E-state index >= 15 is 0 Å². The summed E-state index contributed by atoms with van der Waals surface area (Å²) in [4.78, 5) is 8.22. The summed E-state index contributed by atoms with van der Waals surface area (Å²) < 4.78 is 11.3. The Kier molecular flexibility index (Phi) is 9.89. The van der Waals surface area contributed by atoms with Crippen molar-refractivity contribution in [1.29, 1.82) is 0 Å². The van der Waals surface area contributed by atoms with Gasteiger partial charge in [-0.15, -0.1) is 11.8 Å². The van der Waals surface area contributed by atoms with Crippen LogP contribution in [0.3, 0.4) is 0 Å². The fourth-order valence-corrected chi connectivity index (χ4v) is 3.30. The molecule has 1 aliphatic heterocycles. The van der Waals surface area contributed by atoms with E-state index in [0.29, 0.717) is 6.10 Å². The van der Waals surface area contributed by atoms with Gasteiger partial charge in [0.05, 0.1) is 6.10 Å². The fraction of sp³-hybridized carbons (Fsp3) is 0.650. The molecule has 1 N–H and O–H groups in total. The molecule has 0 aromatic heterocycles. The largest absolute Gasteiger partial charge is 0.381 e. The zero-order valence-electron chi connectivity index (χ0n) is 16.4. The van der Waals surface area contributed by atoms with E-state index in [2.05, 4.69) is 54.7 Å². The number of hydrogen-bond acceptors (Lipinski definition) is 4.